The topological polar surface area (TPSA) is 52.9 Å². The van der Waals surface area contributed by atoms with Crippen LogP contribution in [-0.2, 0) is 4.74 Å². The summed E-state index contributed by atoms with van der Waals surface area (Å²) in [7, 11) is 0. The van der Waals surface area contributed by atoms with E-state index in [0.717, 1.165) is 5.56 Å². The van der Waals surface area contributed by atoms with Crippen molar-refractivity contribution in [2.45, 2.75) is 32.2 Å². The van der Waals surface area contributed by atoms with Gasteiger partial charge in [-0.15, -0.1) is 0 Å². The van der Waals surface area contributed by atoms with Crippen LogP contribution >= 0.6 is 0 Å². The van der Waals surface area contributed by atoms with Crippen LogP contribution in [0.4, 0.5) is 0 Å². The SMILES string of the molecule is CC(C)N1CC(CO)OC1c1cccc(O)c1. The fourth-order valence-corrected chi connectivity index (χ4v) is 2.17. The molecule has 1 aliphatic heterocycles. The fourth-order valence-electron chi connectivity index (χ4n) is 2.17. The van der Waals surface area contributed by atoms with Crippen molar-refractivity contribution in [3.63, 3.8) is 0 Å². The van der Waals surface area contributed by atoms with E-state index in [1.54, 1.807) is 18.2 Å². The first-order valence-electron chi connectivity index (χ1n) is 5.93. The molecule has 2 unspecified atom stereocenters. The molecular weight excluding hydrogens is 218 g/mol. The molecule has 0 aliphatic carbocycles. The summed E-state index contributed by atoms with van der Waals surface area (Å²) in [5.74, 6) is 0.238. The number of aromatic hydroxyl groups is 1. The lowest BCUT2D eigenvalue weighted by Crippen LogP contribution is -2.32. The average Bonchev–Trinajstić information content (AvgIpc) is 2.73. The van der Waals surface area contributed by atoms with Crippen LogP contribution in [0.5, 0.6) is 5.75 Å². The van der Waals surface area contributed by atoms with Gasteiger partial charge in [-0.1, -0.05) is 12.1 Å². The van der Waals surface area contributed by atoms with Crippen LogP contribution in [0.1, 0.15) is 25.6 Å². The Morgan fingerprint density at radius 2 is 2.24 bits per heavy atom. The maximum absolute atomic E-state index is 9.50. The molecule has 2 N–H and O–H groups in total. The molecule has 1 aromatic rings. The van der Waals surface area contributed by atoms with E-state index in [0.29, 0.717) is 12.6 Å². The Morgan fingerprint density at radius 3 is 2.82 bits per heavy atom. The predicted octanol–water partition coefficient (Wildman–Crippen LogP) is 1.49. The van der Waals surface area contributed by atoms with Crippen LogP contribution in [0, 0.1) is 0 Å². The van der Waals surface area contributed by atoms with Crippen molar-refractivity contribution >= 4 is 0 Å². The van der Waals surface area contributed by atoms with Crippen molar-refractivity contribution < 1.29 is 14.9 Å². The number of rotatable bonds is 3. The number of hydrogen-bond donors (Lipinski definition) is 2. The van der Waals surface area contributed by atoms with Crippen LogP contribution in [0.3, 0.4) is 0 Å². The molecule has 1 aliphatic rings. The molecule has 2 rings (SSSR count). The molecular formula is C13H19NO3. The highest BCUT2D eigenvalue weighted by Gasteiger charge is 2.35. The molecule has 0 amide bonds. The first-order valence-corrected chi connectivity index (χ1v) is 5.93. The largest absolute Gasteiger partial charge is 0.508 e. The quantitative estimate of drug-likeness (QED) is 0.836. The number of phenols is 1. The molecule has 4 heteroatoms. The minimum atomic E-state index is -0.181. The van der Waals surface area contributed by atoms with E-state index in [4.69, 9.17) is 4.74 Å². The number of benzene rings is 1. The Bertz CT molecular complexity index is 381. The molecule has 94 valence electrons. The molecule has 1 saturated heterocycles. The van der Waals surface area contributed by atoms with E-state index >= 15 is 0 Å². The zero-order chi connectivity index (χ0) is 12.4. The monoisotopic (exact) mass is 237 g/mol. The van der Waals surface area contributed by atoms with Crippen LogP contribution in [0.2, 0.25) is 0 Å². The number of nitrogens with zero attached hydrogens (tertiary/aromatic N) is 1. The van der Waals surface area contributed by atoms with E-state index in [1.165, 1.54) is 0 Å². The maximum Gasteiger partial charge on any atom is 0.137 e. The van der Waals surface area contributed by atoms with Gasteiger partial charge in [0.05, 0.1) is 12.7 Å². The van der Waals surface area contributed by atoms with Crippen LogP contribution in [0.15, 0.2) is 24.3 Å². The van der Waals surface area contributed by atoms with Crippen LogP contribution < -0.4 is 0 Å². The third kappa shape index (κ3) is 2.60. The molecule has 2 atom stereocenters. The summed E-state index contributed by atoms with van der Waals surface area (Å²) >= 11 is 0. The summed E-state index contributed by atoms with van der Waals surface area (Å²) in [6.45, 7) is 4.94. The van der Waals surface area contributed by atoms with Crippen LogP contribution in [-0.4, -0.2) is 40.4 Å². The summed E-state index contributed by atoms with van der Waals surface area (Å²) < 4.78 is 5.79. The Hall–Kier alpha value is -1.10. The molecule has 1 heterocycles. The second-order valence-corrected chi connectivity index (χ2v) is 4.68. The van der Waals surface area contributed by atoms with E-state index < -0.39 is 0 Å². The smallest absolute Gasteiger partial charge is 0.137 e. The molecule has 1 aromatic carbocycles. The van der Waals surface area contributed by atoms with Crippen molar-refractivity contribution in [2.75, 3.05) is 13.2 Å². The summed E-state index contributed by atoms with van der Waals surface area (Å²) in [4.78, 5) is 2.18. The number of aliphatic hydroxyl groups excluding tert-OH is 1. The molecule has 1 fully saturated rings. The van der Waals surface area contributed by atoms with Gasteiger partial charge in [0.1, 0.15) is 12.0 Å². The first kappa shape index (κ1) is 12.4. The zero-order valence-corrected chi connectivity index (χ0v) is 10.2. The van der Waals surface area contributed by atoms with Gasteiger partial charge in [-0.25, -0.2) is 0 Å². The molecule has 0 aromatic heterocycles. The van der Waals surface area contributed by atoms with E-state index in [9.17, 15) is 10.2 Å². The second-order valence-electron chi connectivity index (χ2n) is 4.68. The minimum absolute atomic E-state index is 0.0263. The van der Waals surface area contributed by atoms with Gasteiger partial charge in [0.2, 0.25) is 0 Å². The molecule has 0 spiro atoms. The minimum Gasteiger partial charge on any atom is -0.508 e. The van der Waals surface area contributed by atoms with Gasteiger partial charge >= 0.3 is 0 Å². The summed E-state index contributed by atoms with van der Waals surface area (Å²) in [5.41, 5.74) is 0.926. The molecule has 0 radical (unpaired) electrons. The standard InChI is InChI=1S/C13H19NO3/c1-9(2)14-7-12(8-15)17-13(14)10-4-3-5-11(16)6-10/h3-6,9,12-13,15-16H,7-8H2,1-2H3. The summed E-state index contributed by atoms with van der Waals surface area (Å²) in [6, 6.07) is 7.42. The van der Waals surface area contributed by atoms with Gasteiger partial charge < -0.3 is 14.9 Å². The summed E-state index contributed by atoms with van der Waals surface area (Å²) in [6.07, 6.45) is -0.330. The normalized spacial score (nSPS) is 25.6. The third-order valence-electron chi connectivity index (χ3n) is 3.06. The highest BCUT2D eigenvalue weighted by Crippen LogP contribution is 2.32. The predicted molar refractivity (Wildman–Crippen MR) is 64.6 cm³/mol. The molecule has 0 saturated carbocycles. The molecule has 0 bridgehead atoms. The number of ether oxygens (including phenoxy) is 1. The molecule has 17 heavy (non-hydrogen) atoms. The lowest BCUT2D eigenvalue weighted by atomic mass is 10.1. The van der Waals surface area contributed by atoms with Crippen molar-refractivity contribution in [3.05, 3.63) is 29.8 Å². The first-order chi connectivity index (χ1) is 8.11. The van der Waals surface area contributed by atoms with Gasteiger partial charge in [0.15, 0.2) is 0 Å². The van der Waals surface area contributed by atoms with Crippen molar-refractivity contribution in [1.29, 1.82) is 0 Å². The van der Waals surface area contributed by atoms with Crippen LogP contribution in [0.25, 0.3) is 0 Å². The third-order valence-corrected chi connectivity index (χ3v) is 3.06. The van der Waals surface area contributed by atoms with Gasteiger partial charge in [-0.3, -0.25) is 4.90 Å². The van der Waals surface area contributed by atoms with Crippen molar-refractivity contribution in [2.24, 2.45) is 0 Å². The number of hydrogen-bond acceptors (Lipinski definition) is 4. The lowest BCUT2D eigenvalue weighted by molar-refractivity contribution is -0.0267. The van der Waals surface area contributed by atoms with E-state index in [1.807, 2.05) is 6.07 Å². The fraction of sp³-hybridized carbons (Fsp3) is 0.538. The molecule has 4 nitrogen and oxygen atoms in total. The Balaban J connectivity index is 2.23. The number of aliphatic hydroxyl groups is 1. The lowest BCUT2D eigenvalue weighted by Gasteiger charge is -2.26. The van der Waals surface area contributed by atoms with Crippen molar-refractivity contribution in [1.82, 2.24) is 4.90 Å². The van der Waals surface area contributed by atoms with Gasteiger partial charge in [0, 0.05) is 12.6 Å². The Kier molecular flexibility index (Phi) is 3.66. The van der Waals surface area contributed by atoms with Gasteiger partial charge in [0.25, 0.3) is 0 Å². The summed E-state index contributed by atoms with van der Waals surface area (Å²) in [5, 5.41) is 18.7. The van der Waals surface area contributed by atoms with E-state index in [-0.39, 0.29) is 24.7 Å². The zero-order valence-electron chi connectivity index (χ0n) is 10.2. The highest BCUT2D eigenvalue weighted by atomic mass is 16.5. The Labute approximate surface area is 101 Å². The van der Waals surface area contributed by atoms with Gasteiger partial charge in [-0.05, 0) is 31.5 Å². The second kappa shape index (κ2) is 5.04. The maximum atomic E-state index is 9.50. The number of phenolic OH excluding ortho intramolecular Hbond substituents is 1. The van der Waals surface area contributed by atoms with E-state index in [2.05, 4.69) is 18.7 Å². The average molecular weight is 237 g/mol. The van der Waals surface area contributed by atoms with Crippen molar-refractivity contribution in [3.8, 4) is 5.75 Å². The van der Waals surface area contributed by atoms with Gasteiger partial charge in [-0.2, -0.15) is 0 Å². The Morgan fingerprint density at radius 1 is 1.47 bits per heavy atom. The highest BCUT2D eigenvalue weighted by molar-refractivity contribution is 5.29.